The van der Waals surface area contributed by atoms with Crippen LogP contribution >= 0.6 is 0 Å². The van der Waals surface area contributed by atoms with E-state index in [9.17, 15) is 0 Å². The summed E-state index contributed by atoms with van der Waals surface area (Å²) >= 11 is 0. The van der Waals surface area contributed by atoms with E-state index in [1.807, 2.05) is 30.9 Å². The minimum atomic E-state index is 0.864. The predicted octanol–water partition coefficient (Wildman–Crippen LogP) is 2.46. The predicted molar refractivity (Wildman–Crippen MR) is 72.8 cm³/mol. The second-order valence-corrected chi connectivity index (χ2v) is 4.39. The van der Waals surface area contributed by atoms with Gasteiger partial charge in [0.05, 0.1) is 18.1 Å². The Morgan fingerprint density at radius 1 is 1.17 bits per heavy atom. The molecule has 4 nitrogen and oxygen atoms in total. The van der Waals surface area contributed by atoms with Crippen molar-refractivity contribution in [1.82, 2.24) is 14.4 Å². The number of hydrogen-bond acceptors (Lipinski definition) is 3. The molecular weight excluding hydrogens is 224 g/mol. The smallest absolute Gasteiger partial charge is 0.155 e. The fourth-order valence-corrected chi connectivity index (χ4v) is 2.00. The van der Waals surface area contributed by atoms with Gasteiger partial charge in [-0.3, -0.25) is 9.38 Å². The van der Waals surface area contributed by atoms with Gasteiger partial charge in [0.15, 0.2) is 5.65 Å². The molecule has 2 heterocycles. The van der Waals surface area contributed by atoms with Gasteiger partial charge in [-0.15, -0.1) is 0 Å². The Balaban J connectivity index is 2.17. The van der Waals surface area contributed by atoms with E-state index in [0.29, 0.717) is 0 Å². The third-order valence-electron chi connectivity index (χ3n) is 2.98. The largest absolute Gasteiger partial charge is 0.378 e. The molecule has 3 aromatic rings. The minimum Gasteiger partial charge on any atom is -0.378 e. The molecule has 3 rings (SSSR count). The van der Waals surface area contributed by atoms with Gasteiger partial charge in [-0.05, 0) is 12.1 Å². The zero-order valence-electron chi connectivity index (χ0n) is 10.4. The van der Waals surface area contributed by atoms with Crippen LogP contribution in [0.5, 0.6) is 0 Å². The van der Waals surface area contributed by atoms with Gasteiger partial charge in [0.1, 0.15) is 0 Å². The lowest BCUT2D eigenvalue weighted by molar-refractivity contribution is 1.12. The molecule has 0 N–H and O–H groups in total. The first-order valence-electron chi connectivity index (χ1n) is 5.80. The van der Waals surface area contributed by atoms with E-state index in [0.717, 1.165) is 16.9 Å². The number of benzene rings is 1. The van der Waals surface area contributed by atoms with Crippen LogP contribution in [-0.4, -0.2) is 28.5 Å². The summed E-state index contributed by atoms with van der Waals surface area (Å²) in [5.74, 6) is 0. The maximum atomic E-state index is 4.36. The molecule has 0 saturated carbocycles. The summed E-state index contributed by atoms with van der Waals surface area (Å²) in [4.78, 5) is 10.5. The van der Waals surface area contributed by atoms with E-state index in [4.69, 9.17) is 0 Å². The zero-order chi connectivity index (χ0) is 12.5. The quantitative estimate of drug-likeness (QED) is 0.687. The lowest BCUT2D eigenvalue weighted by atomic mass is 10.1. The van der Waals surface area contributed by atoms with Crippen LogP contribution in [0, 0.1) is 0 Å². The molecule has 0 atom stereocenters. The first-order valence-corrected chi connectivity index (χ1v) is 5.80. The minimum absolute atomic E-state index is 0.864. The first kappa shape index (κ1) is 10.8. The number of rotatable bonds is 2. The molecule has 0 saturated heterocycles. The number of fused-ring (bicyclic) bond motifs is 1. The van der Waals surface area contributed by atoms with Gasteiger partial charge in [-0.2, -0.15) is 0 Å². The van der Waals surface area contributed by atoms with Crippen molar-refractivity contribution in [3.8, 4) is 11.3 Å². The lowest BCUT2D eigenvalue weighted by Gasteiger charge is -2.13. The van der Waals surface area contributed by atoms with Crippen LogP contribution in [0.3, 0.4) is 0 Å². The van der Waals surface area contributed by atoms with Gasteiger partial charge in [-0.25, -0.2) is 4.98 Å². The summed E-state index contributed by atoms with van der Waals surface area (Å²) in [6, 6.07) is 8.40. The highest BCUT2D eigenvalue weighted by atomic mass is 15.1. The van der Waals surface area contributed by atoms with Crippen molar-refractivity contribution >= 4 is 11.3 Å². The Labute approximate surface area is 106 Å². The van der Waals surface area contributed by atoms with Crippen molar-refractivity contribution < 1.29 is 0 Å². The Hall–Kier alpha value is -2.36. The molecule has 0 radical (unpaired) electrons. The van der Waals surface area contributed by atoms with Crippen molar-refractivity contribution in [1.29, 1.82) is 0 Å². The van der Waals surface area contributed by atoms with Gasteiger partial charge >= 0.3 is 0 Å². The average molecular weight is 238 g/mol. The number of nitrogens with zero attached hydrogens (tertiary/aromatic N) is 4. The third-order valence-corrected chi connectivity index (χ3v) is 2.98. The van der Waals surface area contributed by atoms with Gasteiger partial charge in [0.25, 0.3) is 0 Å². The molecular formula is C14H14N4. The topological polar surface area (TPSA) is 33.4 Å². The molecule has 0 fully saturated rings. The average Bonchev–Trinajstić information content (AvgIpc) is 2.82. The summed E-state index contributed by atoms with van der Waals surface area (Å²) < 4.78 is 2.04. The highest BCUT2D eigenvalue weighted by Gasteiger charge is 2.06. The molecule has 0 aliphatic heterocycles. The van der Waals surface area contributed by atoms with Crippen molar-refractivity contribution in [2.24, 2.45) is 0 Å². The van der Waals surface area contributed by atoms with Crippen LogP contribution in [0.25, 0.3) is 16.9 Å². The number of hydrogen-bond donors (Lipinski definition) is 0. The van der Waals surface area contributed by atoms with E-state index in [-0.39, 0.29) is 0 Å². The van der Waals surface area contributed by atoms with Crippen molar-refractivity contribution in [3.05, 3.63) is 49.1 Å². The fourth-order valence-electron chi connectivity index (χ4n) is 2.00. The van der Waals surface area contributed by atoms with E-state index in [2.05, 4.69) is 39.1 Å². The molecule has 90 valence electrons. The second-order valence-electron chi connectivity index (χ2n) is 4.39. The van der Waals surface area contributed by atoms with Crippen LogP contribution in [0.1, 0.15) is 0 Å². The maximum Gasteiger partial charge on any atom is 0.155 e. The maximum absolute atomic E-state index is 4.36. The van der Waals surface area contributed by atoms with E-state index in [1.54, 1.807) is 12.4 Å². The van der Waals surface area contributed by atoms with Gasteiger partial charge in [0, 0.05) is 37.7 Å². The molecule has 1 aromatic carbocycles. The van der Waals surface area contributed by atoms with Crippen molar-refractivity contribution in [2.45, 2.75) is 0 Å². The van der Waals surface area contributed by atoms with Crippen molar-refractivity contribution in [2.75, 3.05) is 19.0 Å². The van der Waals surface area contributed by atoms with Crippen LogP contribution in [0.15, 0.2) is 49.1 Å². The summed E-state index contributed by atoms with van der Waals surface area (Å²) in [6.45, 7) is 0. The molecule has 18 heavy (non-hydrogen) atoms. The highest BCUT2D eigenvalue weighted by Crippen LogP contribution is 2.24. The number of imidazole rings is 1. The second kappa shape index (κ2) is 4.14. The normalized spacial score (nSPS) is 10.8. The Kier molecular flexibility index (Phi) is 2.48. The van der Waals surface area contributed by atoms with Crippen LogP contribution < -0.4 is 4.90 Å². The first-order chi connectivity index (χ1) is 8.75. The standard InChI is InChI=1S/C14H14N4/c1-17(2)12-5-3-4-11(8-12)13-9-16-14-10-15-6-7-18(13)14/h3-10H,1-2H3. The molecule has 0 spiro atoms. The number of anilines is 1. The van der Waals surface area contributed by atoms with E-state index < -0.39 is 0 Å². The lowest BCUT2D eigenvalue weighted by Crippen LogP contribution is -2.08. The molecule has 0 amide bonds. The number of aromatic nitrogens is 3. The van der Waals surface area contributed by atoms with Crippen molar-refractivity contribution in [3.63, 3.8) is 0 Å². The summed E-state index contributed by atoms with van der Waals surface area (Å²) in [7, 11) is 4.08. The van der Waals surface area contributed by atoms with E-state index >= 15 is 0 Å². The molecule has 0 aliphatic carbocycles. The Morgan fingerprint density at radius 2 is 2.06 bits per heavy atom. The van der Waals surface area contributed by atoms with Gasteiger partial charge in [0.2, 0.25) is 0 Å². The fraction of sp³-hybridized carbons (Fsp3) is 0.143. The monoisotopic (exact) mass is 238 g/mol. The van der Waals surface area contributed by atoms with Crippen LogP contribution in [0.4, 0.5) is 5.69 Å². The zero-order valence-corrected chi connectivity index (χ0v) is 10.4. The Bertz CT molecular complexity index is 685. The van der Waals surface area contributed by atoms with Crippen LogP contribution in [-0.2, 0) is 0 Å². The highest BCUT2D eigenvalue weighted by molar-refractivity contribution is 5.67. The summed E-state index contributed by atoms with van der Waals surface area (Å²) in [5.41, 5.74) is 4.27. The van der Waals surface area contributed by atoms with Gasteiger partial charge < -0.3 is 4.90 Å². The Morgan fingerprint density at radius 3 is 2.89 bits per heavy atom. The third kappa shape index (κ3) is 1.72. The van der Waals surface area contributed by atoms with Crippen LogP contribution in [0.2, 0.25) is 0 Å². The molecule has 0 unspecified atom stereocenters. The SMILES string of the molecule is CN(C)c1cccc(-c2cnc3cnccn23)c1. The molecule has 0 bridgehead atoms. The van der Waals surface area contributed by atoms with E-state index in [1.165, 1.54) is 5.69 Å². The molecule has 0 aliphatic rings. The van der Waals surface area contributed by atoms with Gasteiger partial charge in [-0.1, -0.05) is 12.1 Å². The summed E-state index contributed by atoms with van der Waals surface area (Å²) in [6.07, 6.45) is 7.35. The summed E-state index contributed by atoms with van der Waals surface area (Å²) in [5, 5.41) is 0. The molecule has 4 heteroatoms. The molecule has 2 aromatic heterocycles.